The minimum absolute atomic E-state index is 0.171. The molecule has 0 aromatic heterocycles. The van der Waals surface area contributed by atoms with Crippen LogP contribution < -0.4 is 10.1 Å². The number of hydrogen-bond donors (Lipinski definition) is 1. The Labute approximate surface area is 165 Å². The maximum Gasteiger partial charge on any atom is 0.338 e. The molecule has 0 spiro atoms. The highest BCUT2D eigenvalue weighted by Crippen LogP contribution is 2.59. The summed E-state index contributed by atoms with van der Waals surface area (Å²) in [6, 6.07) is 7.54. The number of nitrogens with one attached hydrogen (secondary N) is 1. The first-order valence-electron chi connectivity index (χ1n) is 10.4. The third-order valence-corrected chi connectivity index (χ3v) is 7.05. The lowest BCUT2D eigenvalue weighted by atomic mass is 9.49. The van der Waals surface area contributed by atoms with Gasteiger partial charge in [0.05, 0.1) is 5.57 Å². The zero-order chi connectivity index (χ0) is 19.1. The van der Waals surface area contributed by atoms with Crippen LogP contribution in [0.3, 0.4) is 0 Å². The lowest BCUT2D eigenvalue weighted by molar-refractivity contribution is -0.145. The van der Waals surface area contributed by atoms with Crippen molar-refractivity contribution in [1.29, 1.82) is 0 Å². The van der Waals surface area contributed by atoms with Gasteiger partial charge < -0.3 is 14.8 Å². The van der Waals surface area contributed by atoms with Crippen molar-refractivity contribution < 1.29 is 19.1 Å². The molecule has 1 aromatic rings. The van der Waals surface area contributed by atoms with Crippen LogP contribution >= 0.6 is 0 Å². The Morgan fingerprint density at radius 1 is 1.07 bits per heavy atom. The Morgan fingerprint density at radius 3 is 2.46 bits per heavy atom. The van der Waals surface area contributed by atoms with E-state index in [-0.39, 0.29) is 24.5 Å². The number of carbonyl (C=O) groups is 2. The van der Waals surface area contributed by atoms with Gasteiger partial charge in [0, 0.05) is 12.1 Å². The molecule has 6 rings (SSSR count). The van der Waals surface area contributed by atoms with E-state index in [1.807, 2.05) is 24.3 Å². The maximum atomic E-state index is 12.3. The Hall–Kier alpha value is -2.30. The second kappa shape index (κ2) is 6.94. The molecule has 4 bridgehead atoms. The average Bonchev–Trinajstić information content (AvgIpc) is 2.69. The molecule has 5 aliphatic rings. The van der Waals surface area contributed by atoms with Crippen molar-refractivity contribution in [3.8, 4) is 5.75 Å². The van der Waals surface area contributed by atoms with E-state index in [2.05, 4.69) is 5.32 Å². The molecule has 0 atom stereocenters. The van der Waals surface area contributed by atoms with Crippen molar-refractivity contribution in [2.45, 2.75) is 38.5 Å². The number of fused-ring (bicyclic) bond motifs is 1. The van der Waals surface area contributed by atoms with Crippen molar-refractivity contribution in [3.05, 3.63) is 35.4 Å². The van der Waals surface area contributed by atoms with Gasteiger partial charge >= 0.3 is 5.97 Å². The highest BCUT2D eigenvalue weighted by atomic mass is 16.5. The second-order valence-electron chi connectivity index (χ2n) is 9.27. The topological polar surface area (TPSA) is 64.6 Å². The molecule has 0 unspecified atom stereocenters. The summed E-state index contributed by atoms with van der Waals surface area (Å²) in [5.74, 6) is 2.65. The van der Waals surface area contributed by atoms with Crippen molar-refractivity contribution >= 4 is 18.0 Å². The fourth-order valence-corrected chi connectivity index (χ4v) is 6.30. The van der Waals surface area contributed by atoms with E-state index in [1.54, 1.807) is 6.08 Å². The first-order chi connectivity index (χ1) is 13.6. The van der Waals surface area contributed by atoms with Crippen LogP contribution in [0.15, 0.2) is 29.8 Å². The zero-order valence-corrected chi connectivity index (χ0v) is 16.1. The number of ether oxygens (including phenoxy) is 2. The largest absolute Gasteiger partial charge is 0.488 e. The van der Waals surface area contributed by atoms with Gasteiger partial charge in [0.25, 0.3) is 5.91 Å². The molecule has 1 N–H and O–H groups in total. The quantitative estimate of drug-likeness (QED) is 0.795. The number of esters is 1. The summed E-state index contributed by atoms with van der Waals surface area (Å²) < 4.78 is 10.8. The molecular formula is C23H27NO4. The van der Waals surface area contributed by atoms with Crippen LogP contribution in [-0.2, 0) is 14.3 Å². The van der Waals surface area contributed by atoms with Crippen molar-refractivity contribution in [1.82, 2.24) is 5.32 Å². The second-order valence-corrected chi connectivity index (χ2v) is 9.27. The van der Waals surface area contributed by atoms with E-state index < -0.39 is 5.97 Å². The molecule has 4 aliphatic carbocycles. The number of para-hydroxylation sites is 1. The standard InChI is InChI=1S/C23H27NO4/c25-21(24-14-23-9-15-5-16(10-23)7-17(6-15)11-23)13-28-22(26)19-8-18-3-1-2-4-20(18)27-12-19/h1-4,8,15-17H,5-7,9-14H2,(H,24,25). The normalized spacial score (nSPS) is 32.1. The summed E-state index contributed by atoms with van der Waals surface area (Å²) >= 11 is 0. The minimum Gasteiger partial charge on any atom is -0.488 e. The Kier molecular flexibility index (Phi) is 4.41. The fraction of sp³-hybridized carbons (Fsp3) is 0.565. The predicted molar refractivity (Wildman–Crippen MR) is 104 cm³/mol. The van der Waals surface area contributed by atoms with Crippen LogP contribution in [0.5, 0.6) is 5.75 Å². The minimum atomic E-state index is -0.487. The molecule has 148 valence electrons. The Bertz CT molecular complexity index is 792. The average molecular weight is 381 g/mol. The third-order valence-electron chi connectivity index (χ3n) is 7.05. The smallest absolute Gasteiger partial charge is 0.338 e. The van der Waals surface area contributed by atoms with Gasteiger partial charge in [-0.3, -0.25) is 4.79 Å². The molecule has 5 nitrogen and oxygen atoms in total. The molecule has 1 amide bonds. The van der Waals surface area contributed by atoms with Crippen LogP contribution in [0.2, 0.25) is 0 Å². The van der Waals surface area contributed by atoms with Gasteiger partial charge in [-0.05, 0) is 73.8 Å². The predicted octanol–water partition coefficient (Wildman–Crippen LogP) is 3.34. The van der Waals surface area contributed by atoms with Gasteiger partial charge in [0.15, 0.2) is 6.61 Å². The van der Waals surface area contributed by atoms with Crippen molar-refractivity contribution in [3.63, 3.8) is 0 Å². The highest BCUT2D eigenvalue weighted by Gasteiger charge is 2.50. The summed E-state index contributed by atoms with van der Waals surface area (Å²) in [4.78, 5) is 24.6. The van der Waals surface area contributed by atoms with Crippen LogP contribution in [0.25, 0.3) is 6.08 Å². The van der Waals surface area contributed by atoms with E-state index in [0.29, 0.717) is 5.57 Å². The summed E-state index contributed by atoms with van der Waals surface area (Å²) in [6.07, 6.45) is 9.71. The lowest BCUT2D eigenvalue weighted by Gasteiger charge is -2.56. The van der Waals surface area contributed by atoms with Crippen LogP contribution in [0, 0.1) is 23.2 Å². The summed E-state index contributed by atoms with van der Waals surface area (Å²) in [5, 5.41) is 3.05. The molecule has 1 heterocycles. The van der Waals surface area contributed by atoms with E-state index >= 15 is 0 Å². The third kappa shape index (κ3) is 3.43. The first-order valence-corrected chi connectivity index (χ1v) is 10.4. The molecule has 5 heteroatoms. The number of hydrogen-bond acceptors (Lipinski definition) is 4. The number of amides is 1. The molecule has 1 aromatic carbocycles. The molecule has 4 fully saturated rings. The first kappa shape index (κ1) is 17.8. The number of benzene rings is 1. The van der Waals surface area contributed by atoms with Crippen LogP contribution in [0.4, 0.5) is 0 Å². The van der Waals surface area contributed by atoms with E-state index in [4.69, 9.17) is 9.47 Å². The maximum absolute atomic E-state index is 12.3. The van der Waals surface area contributed by atoms with E-state index in [9.17, 15) is 9.59 Å². The van der Waals surface area contributed by atoms with Gasteiger partial charge in [0.2, 0.25) is 0 Å². The summed E-state index contributed by atoms with van der Waals surface area (Å²) in [6.45, 7) is 0.668. The van der Waals surface area contributed by atoms with Gasteiger partial charge in [-0.1, -0.05) is 18.2 Å². The molecule has 0 radical (unpaired) electrons. The molecule has 28 heavy (non-hydrogen) atoms. The molecule has 0 saturated heterocycles. The van der Waals surface area contributed by atoms with E-state index in [0.717, 1.165) is 35.6 Å². The van der Waals surface area contributed by atoms with Gasteiger partial charge in [-0.25, -0.2) is 4.79 Å². The lowest BCUT2D eigenvalue weighted by Crippen LogP contribution is -2.51. The van der Waals surface area contributed by atoms with Crippen LogP contribution in [0.1, 0.15) is 44.1 Å². The fourth-order valence-electron chi connectivity index (χ4n) is 6.30. The highest BCUT2D eigenvalue weighted by molar-refractivity contribution is 5.96. The molecular weight excluding hydrogens is 354 g/mol. The summed E-state index contributed by atoms with van der Waals surface area (Å²) in [7, 11) is 0. The van der Waals surface area contributed by atoms with Crippen molar-refractivity contribution in [2.24, 2.45) is 23.2 Å². The van der Waals surface area contributed by atoms with Gasteiger partial charge in [-0.2, -0.15) is 0 Å². The number of carbonyl (C=O) groups excluding carboxylic acids is 2. The van der Waals surface area contributed by atoms with E-state index in [1.165, 1.54) is 38.5 Å². The SMILES string of the molecule is O=C(COC(=O)C1=Cc2ccccc2OC1)NCC12CC3CC(CC(C3)C1)C2. The van der Waals surface area contributed by atoms with Crippen molar-refractivity contribution in [2.75, 3.05) is 19.8 Å². The Balaban J connectivity index is 1.12. The van der Waals surface area contributed by atoms with Gasteiger partial charge in [-0.15, -0.1) is 0 Å². The van der Waals surface area contributed by atoms with Crippen LogP contribution in [-0.4, -0.2) is 31.6 Å². The number of rotatable bonds is 5. The Morgan fingerprint density at radius 2 is 1.75 bits per heavy atom. The summed E-state index contributed by atoms with van der Waals surface area (Å²) in [5.41, 5.74) is 1.58. The molecule has 1 aliphatic heterocycles. The zero-order valence-electron chi connectivity index (χ0n) is 16.1. The monoisotopic (exact) mass is 381 g/mol. The van der Waals surface area contributed by atoms with Gasteiger partial charge in [0.1, 0.15) is 12.4 Å². The molecule has 4 saturated carbocycles.